The highest BCUT2D eigenvalue weighted by molar-refractivity contribution is 7.89. The van der Waals surface area contributed by atoms with Crippen molar-refractivity contribution in [2.75, 3.05) is 0 Å². The van der Waals surface area contributed by atoms with E-state index in [0.717, 1.165) is 4.31 Å². The Kier molecular flexibility index (Phi) is 3.30. The Morgan fingerprint density at radius 1 is 1.33 bits per heavy atom. The van der Waals surface area contributed by atoms with Crippen LogP contribution in [0.2, 0.25) is 0 Å². The molecule has 0 radical (unpaired) electrons. The van der Waals surface area contributed by atoms with Gasteiger partial charge in [-0.1, -0.05) is 18.2 Å². The molecule has 0 aliphatic heterocycles. The van der Waals surface area contributed by atoms with Gasteiger partial charge in [0.1, 0.15) is 0 Å². The fourth-order valence-corrected chi connectivity index (χ4v) is 2.59. The average Bonchev–Trinajstić information content (AvgIpc) is 2.89. The zero-order valence-electron chi connectivity index (χ0n) is 9.31. The maximum absolute atomic E-state index is 12.2. The topological polar surface area (TPSA) is 89.8 Å². The van der Waals surface area contributed by atoms with Gasteiger partial charge in [0, 0.05) is 6.20 Å². The molecule has 0 atom stereocenters. The van der Waals surface area contributed by atoms with Crippen LogP contribution in [0.15, 0.2) is 47.8 Å². The molecule has 0 fully saturated rings. The number of hydrogen-bond donors (Lipinski definition) is 1. The summed E-state index contributed by atoms with van der Waals surface area (Å²) in [6.07, 6.45) is 4.58. The third-order valence-electron chi connectivity index (χ3n) is 2.31. The molecule has 18 heavy (non-hydrogen) atoms. The molecule has 7 heteroatoms. The quantitative estimate of drug-likeness (QED) is 0.659. The van der Waals surface area contributed by atoms with Gasteiger partial charge >= 0.3 is 0 Å². The van der Waals surface area contributed by atoms with Crippen LogP contribution in [-0.4, -0.2) is 22.7 Å². The Morgan fingerprint density at radius 3 is 2.61 bits per heavy atom. The van der Waals surface area contributed by atoms with Gasteiger partial charge in [0.25, 0.3) is 10.0 Å². The molecule has 0 saturated heterocycles. The third-order valence-corrected chi connectivity index (χ3v) is 3.97. The smallest absolute Gasteiger partial charge is 0.272 e. The molecule has 92 valence electrons. The maximum atomic E-state index is 12.2. The fourth-order valence-electron chi connectivity index (χ4n) is 1.42. The molecule has 0 spiro atoms. The molecule has 0 aliphatic rings. The number of aromatic nitrogens is 2. The van der Waals surface area contributed by atoms with E-state index in [1.54, 1.807) is 24.4 Å². The number of hydrogen-bond acceptors (Lipinski definition) is 4. The van der Waals surface area contributed by atoms with Crippen LogP contribution in [0.4, 0.5) is 0 Å². The van der Waals surface area contributed by atoms with Gasteiger partial charge in [-0.05, 0) is 12.1 Å². The Bertz CT molecular complexity index is 644. The summed E-state index contributed by atoms with van der Waals surface area (Å²) in [6.45, 7) is -0.0618. The minimum atomic E-state index is -3.80. The van der Waals surface area contributed by atoms with E-state index in [2.05, 4.69) is 9.97 Å². The molecule has 1 aromatic heterocycles. The summed E-state index contributed by atoms with van der Waals surface area (Å²) in [7, 11) is -3.80. The minimum Gasteiger partial charge on any atom is -0.347 e. The molecular weight excluding hydrogens is 252 g/mol. The number of rotatable bonds is 4. The van der Waals surface area contributed by atoms with Crippen molar-refractivity contribution in [3.63, 3.8) is 0 Å². The highest BCUT2D eigenvalue weighted by Crippen LogP contribution is 2.16. The molecule has 2 rings (SSSR count). The second-order valence-corrected chi connectivity index (χ2v) is 5.36. The van der Waals surface area contributed by atoms with Crippen LogP contribution < -0.4 is 0 Å². The molecular formula is C11H10N4O2S. The summed E-state index contributed by atoms with van der Waals surface area (Å²) in [4.78, 5) is 6.62. The summed E-state index contributed by atoms with van der Waals surface area (Å²) in [5, 5.41) is 8.98. The molecule has 6 nitrogen and oxygen atoms in total. The normalized spacial score (nSPS) is 10.8. The first kappa shape index (κ1) is 12.1. The van der Waals surface area contributed by atoms with Crippen LogP contribution in [0.1, 0.15) is 5.69 Å². The van der Waals surface area contributed by atoms with Crippen molar-refractivity contribution in [3.05, 3.63) is 48.5 Å². The predicted molar refractivity (Wildman–Crippen MR) is 63.4 cm³/mol. The summed E-state index contributed by atoms with van der Waals surface area (Å²) in [5.41, 5.74) is 0.552. The monoisotopic (exact) mass is 262 g/mol. The van der Waals surface area contributed by atoms with Crippen molar-refractivity contribution in [2.24, 2.45) is 0 Å². The molecule has 1 N–H and O–H groups in total. The molecule has 0 unspecified atom stereocenters. The first-order valence-electron chi connectivity index (χ1n) is 5.09. The van der Waals surface area contributed by atoms with Crippen molar-refractivity contribution in [2.45, 2.75) is 11.4 Å². The highest BCUT2D eigenvalue weighted by Gasteiger charge is 2.23. The first-order chi connectivity index (χ1) is 8.64. The van der Waals surface area contributed by atoms with Gasteiger partial charge in [-0.3, -0.25) is 0 Å². The maximum Gasteiger partial charge on any atom is 0.272 e. The van der Waals surface area contributed by atoms with Gasteiger partial charge in [-0.25, -0.2) is 13.4 Å². The lowest BCUT2D eigenvalue weighted by Gasteiger charge is -2.14. The van der Waals surface area contributed by atoms with Gasteiger partial charge in [0.05, 0.1) is 23.5 Å². The Morgan fingerprint density at radius 2 is 2.06 bits per heavy atom. The van der Waals surface area contributed by atoms with E-state index >= 15 is 0 Å². The van der Waals surface area contributed by atoms with E-state index in [4.69, 9.17) is 5.26 Å². The molecule has 0 saturated carbocycles. The van der Waals surface area contributed by atoms with Crippen LogP contribution in [-0.2, 0) is 16.6 Å². The third kappa shape index (κ3) is 2.33. The van der Waals surface area contributed by atoms with Crippen LogP contribution in [0.5, 0.6) is 0 Å². The standard InChI is InChI=1S/C11H10N4O2S/c12-8-15(7-10-6-13-9-14-10)18(16,17)11-4-2-1-3-5-11/h1-6,9H,7H2,(H,13,14). The van der Waals surface area contributed by atoms with Crippen molar-refractivity contribution < 1.29 is 8.42 Å². The SMILES string of the molecule is N#CN(Cc1cnc[nH]1)S(=O)(=O)c1ccccc1. The van der Waals surface area contributed by atoms with Gasteiger partial charge in [-0.2, -0.15) is 9.57 Å². The van der Waals surface area contributed by atoms with Gasteiger partial charge in [0.15, 0.2) is 6.19 Å². The van der Waals surface area contributed by atoms with Gasteiger partial charge in [0.2, 0.25) is 0 Å². The second kappa shape index (κ2) is 4.89. The zero-order valence-corrected chi connectivity index (χ0v) is 10.1. The van der Waals surface area contributed by atoms with Gasteiger partial charge in [-0.15, -0.1) is 0 Å². The molecule has 2 aromatic rings. The number of benzene rings is 1. The van der Waals surface area contributed by atoms with E-state index in [-0.39, 0.29) is 11.4 Å². The van der Waals surface area contributed by atoms with Crippen LogP contribution in [0.3, 0.4) is 0 Å². The first-order valence-corrected chi connectivity index (χ1v) is 6.53. The number of imidazole rings is 1. The number of nitriles is 1. The number of nitrogens with zero attached hydrogens (tertiary/aromatic N) is 3. The summed E-state index contributed by atoms with van der Waals surface area (Å²) < 4.78 is 25.0. The molecule has 0 amide bonds. The predicted octanol–water partition coefficient (Wildman–Crippen LogP) is 1.08. The molecule has 1 aromatic carbocycles. The van der Waals surface area contributed by atoms with E-state index in [0.29, 0.717) is 5.69 Å². The van der Waals surface area contributed by atoms with E-state index < -0.39 is 10.0 Å². The van der Waals surface area contributed by atoms with E-state index in [1.807, 2.05) is 0 Å². The Labute approximate surface area is 105 Å². The van der Waals surface area contributed by atoms with Gasteiger partial charge < -0.3 is 4.98 Å². The molecule has 1 heterocycles. The largest absolute Gasteiger partial charge is 0.347 e. The number of nitrogens with one attached hydrogen (secondary N) is 1. The zero-order chi connectivity index (χ0) is 13.0. The Hall–Kier alpha value is -2.33. The second-order valence-electron chi connectivity index (χ2n) is 3.50. The van der Waals surface area contributed by atoms with Crippen LogP contribution >= 0.6 is 0 Å². The lowest BCUT2D eigenvalue weighted by Crippen LogP contribution is -2.26. The fraction of sp³-hybridized carbons (Fsp3) is 0.0909. The lowest BCUT2D eigenvalue weighted by molar-refractivity contribution is 0.501. The van der Waals surface area contributed by atoms with E-state index in [9.17, 15) is 8.42 Å². The highest BCUT2D eigenvalue weighted by atomic mass is 32.2. The van der Waals surface area contributed by atoms with Crippen molar-refractivity contribution in [1.29, 1.82) is 5.26 Å². The van der Waals surface area contributed by atoms with Crippen molar-refractivity contribution in [1.82, 2.24) is 14.3 Å². The van der Waals surface area contributed by atoms with Crippen molar-refractivity contribution >= 4 is 10.0 Å². The molecule has 0 aliphatic carbocycles. The molecule has 0 bridgehead atoms. The van der Waals surface area contributed by atoms with Crippen LogP contribution in [0, 0.1) is 11.5 Å². The number of sulfonamides is 1. The van der Waals surface area contributed by atoms with E-state index in [1.165, 1.54) is 24.7 Å². The Balaban J connectivity index is 2.31. The average molecular weight is 262 g/mol. The van der Waals surface area contributed by atoms with Crippen LogP contribution in [0.25, 0.3) is 0 Å². The number of H-pyrrole nitrogens is 1. The summed E-state index contributed by atoms with van der Waals surface area (Å²) in [6, 6.07) is 7.83. The minimum absolute atomic E-state index is 0.0618. The number of aromatic amines is 1. The van der Waals surface area contributed by atoms with Crippen molar-refractivity contribution in [3.8, 4) is 6.19 Å². The lowest BCUT2D eigenvalue weighted by atomic mass is 10.4. The summed E-state index contributed by atoms with van der Waals surface area (Å²) in [5.74, 6) is 0. The summed E-state index contributed by atoms with van der Waals surface area (Å²) >= 11 is 0.